The van der Waals surface area contributed by atoms with Crippen molar-refractivity contribution in [2.24, 2.45) is 0 Å². The van der Waals surface area contributed by atoms with Gasteiger partial charge in [-0.05, 0) is 49.8 Å². The monoisotopic (exact) mass is 331 g/mol. The number of nitrogens with zero attached hydrogens (tertiary/aromatic N) is 2. The van der Waals surface area contributed by atoms with Gasteiger partial charge in [-0.15, -0.1) is 23.7 Å². The third-order valence-corrected chi connectivity index (χ3v) is 5.35. The molecule has 3 aromatic rings. The Hall–Kier alpha value is -1.65. The molecule has 1 aliphatic rings. The smallest absolute Gasteiger partial charge is 0.142 e. The third kappa shape index (κ3) is 2.57. The van der Waals surface area contributed by atoms with Gasteiger partial charge in [-0.25, -0.2) is 9.97 Å². The molecular formula is C17H18ClN3S. The van der Waals surface area contributed by atoms with Crippen LogP contribution in [-0.2, 0) is 12.8 Å². The van der Waals surface area contributed by atoms with Gasteiger partial charge in [0, 0.05) is 10.6 Å². The van der Waals surface area contributed by atoms with Crippen molar-refractivity contribution in [2.75, 3.05) is 5.32 Å². The molecule has 0 unspecified atom stereocenters. The Morgan fingerprint density at radius 2 is 1.91 bits per heavy atom. The van der Waals surface area contributed by atoms with Crippen molar-refractivity contribution >= 4 is 45.5 Å². The molecule has 2 aromatic heterocycles. The third-order valence-electron chi connectivity index (χ3n) is 4.15. The van der Waals surface area contributed by atoms with E-state index in [9.17, 15) is 0 Å². The summed E-state index contributed by atoms with van der Waals surface area (Å²) < 4.78 is 0. The topological polar surface area (TPSA) is 37.8 Å². The van der Waals surface area contributed by atoms with Gasteiger partial charge in [0.15, 0.2) is 0 Å². The molecule has 0 atom stereocenters. The number of halogens is 1. The summed E-state index contributed by atoms with van der Waals surface area (Å²) in [5.74, 6) is 0.953. The summed E-state index contributed by atoms with van der Waals surface area (Å²) >= 11 is 1.84. The van der Waals surface area contributed by atoms with Gasteiger partial charge in [-0.2, -0.15) is 0 Å². The van der Waals surface area contributed by atoms with Gasteiger partial charge in [0.25, 0.3) is 0 Å². The Bertz CT molecular complexity index is 813. The molecule has 0 aliphatic heterocycles. The van der Waals surface area contributed by atoms with Crippen LogP contribution in [0.2, 0.25) is 0 Å². The standard InChI is InChI=1S/C17H17N3S.ClH/c1-11-6-2-4-8-13(11)20-16-15-12-7-3-5-9-14(12)21-17(15)19-10-18-16;/h2,4,6,8,10H,3,5,7,9H2,1H3,(H,18,19,20);1H. The van der Waals surface area contributed by atoms with E-state index in [1.165, 1.54) is 40.7 Å². The van der Waals surface area contributed by atoms with Crippen molar-refractivity contribution in [3.05, 3.63) is 46.6 Å². The first kappa shape index (κ1) is 15.3. The highest BCUT2D eigenvalue weighted by Crippen LogP contribution is 2.38. The van der Waals surface area contributed by atoms with Gasteiger partial charge >= 0.3 is 0 Å². The van der Waals surface area contributed by atoms with Gasteiger partial charge in [-0.3, -0.25) is 0 Å². The fourth-order valence-corrected chi connectivity index (χ4v) is 4.25. The second-order valence-electron chi connectivity index (χ2n) is 5.55. The zero-order valence-electron chi connectivity index (χ0n) is 12.4. The normalized spacial score (nSPS) is 13.5. The molecule has 0 radical (unpaired) electrons. The molecule has 0 saturated heterocycles. The summed E-state index contributed by atoms with van der Waals surface area (Å²) in [5, 5.41) is 4.74. The predicted molar refractivity (Wildman–Crippen MR) is 95.8 cm³/mol. The lowest BCUT2D eigenvalue weighted by atomic mass is 9.97. The lowest BCUT2D eigenvalue weighted by Crippen LogP contribution is -2.01. The molecule has 114 valence electrons. The van der Waals surface area contributed by atoms with E-state index in [1.54, 1.807) is 6.33 Å². The number of hydrogen-bond donors (Lipinski definition) is 1. The van der Waals surface area contributed by atoms with Gasteiger partial charge in [0.1, 0.15) is 17.0 Å². The molecule has 2 heterocycles. The van der Waals surface area contributed by atoms with E-state index in [0.29, 0.717) is 0 Å². The lowest BCUT2D eigenvalue weighted by molar-refractivity contribution is 0.700. The number of nitrogens with one attached hydrogen (secondary N) is 1. The van der Waals surface area contributed by atoms with Gasteiger partial charge in [0.05, 0.1) is 5.39 Å². The van der Waals surface area contributed by atoms with Crippen LogP contribution < -0.4 is 5.32 Å². The zero-order chi connectivity index (χ0) is 14.2. The van der Waals surface area contributed by atoms with Crippen molar-refractivity contribution in [3.8, 4) is 0 Å². The Kier molecular flexibility index (Phi) is 4.32. The minimum atomic E-state index is 0. The molecule has 0 saturated carbocycles. The highest BCUT2D eigenvalue weighted by atomic mass is 35.5. The summed E-state index contributed by atoms with van der Waals surface area (Å²) in [6.45, 7) is 2.11. The number of aryl methyl sites for hydroxylation is 3. The van der Waals surface area contributed by atoms with Gasteiger partial charge in [0.2, 0.25) is 0 Å². The number of aromatic nitrogens is 2. The van der Waals surface area contributed by atoms with Crippen LogP contribution in [0.25, 0.3) is 10.2 Å². The molecule has 0 bridgehead atoms. The van der Waals surface area contributed by atoms with Crippen LogP contribution in [-0.4, -0.2) is 9.97 Å². The van der Waals surface area contributed by atoms with E-state index in [2.05, 4.69) is 46.5 Å². The molecule has 0 amide bonds. The SMILES string of the molecule is Cc1ccccc1Nc1ncnc2sc3c(c12)CCCC3.Cl. The molecule has 0 fully saturated rings. The number of hydrogen-bond acceptors (Lipinski definition) is 4. The Morgan fingerprint density at radius 3 is 2.77 bits per heavy atom. The van der Waals surface area contributed by atoms with Crippen LogP contribution in [0.1, 0.15) is 28.8 Å². The summed E-state index contributed by atoms with van der Waals surface area (Å²) in [5.41, 5.74) is 3.82. The van der Waals surface area contributed by atoms with Gasteiger partial charge in [-0.1, -0.05) is 18.2 Å². The molecule has 5 heteroatoms. The Morgan fingerprint density at radius 1 is 1.09 bits per heavy atom. The molecule has 1 aromatic carbocycles. The fraction of sp³-hybridized carbons (Fsp3) is 0.294. The van der Waals surface area contributed by atoms with E-state index >= 15 is 0 Å². The quantitative estimate of drug-likeness (QED) is 0.714. The number of thiophene rings is 1. The second-order valence-corrected chi connectivity index (χ2v) is 6.64. The van der Waals surface area contributed by atoms with Crippen molar-refractivity contribution in [3.63, 3.8) is 0 Å². The maximum Gasteiger partial charge on any atom is 0.142 e. The first-order valence-electron chi connectivity index (χ1n) is 7.41. The van der Waals surface area contributed by atoms with Crippen LogP contribution in [0, 0.1) is 6.92 Å². The minimum Gasteiger partial charge on any atom is -0.339 e. The van der Waals surface area contributed by atoms with Crippen molar-refractivity contribution in [1.29, 1.82) is 0 Å². The molecule has 22 heavy (non-hydrogen) atoms. The van der Waals surface area contributed by atoms with Crippen LogP contribution in [0.3, 0.4) is 0 Å². The molecule has 1 aliphatic carbocycles. The highest BCUT2D eigenvalue weighted by Gasteiger charge is 2.19. The average molecular weight is 332 g/mol. The van der Waals surface area contributed by atoms with Gasteiger partial charge < -0.3 is 5.32 Å². The first-order chi connectivity index (χ1) is 10.3. The summed E-state index contributed by atoms with van der Waals surface area (Å²) in [7, 11) is 0. The van der Waals surface area contributed by atoms with E-state index < -0.39 is 0 Å². The van der Waals surface area contributed by atoms with Crippen molar-refractivity contribution in [2.45, 2.75) is 32.6 Å². The highest BCUT2D eigenvalue weighted by molar-refractivity contribution is 7.19. The number of para-hydroxylation sites is 1. The summed E-state index contributed by atoms with van der Waals surface area (Å²) in [6, 6.07) is 8.32. The number of fused-ring (bicyclic) bond motifs is 3. The Balaban J connectivity index is 0.00000144. The van der Waals surface area contributed by atoms with Crippen LogP contribution in [0.15, 0.2) is 30.6 Å². The molecular weight excluding hydrogens is 314 g/mol. The second kappa shape index (κ2) is 6.23. The summed E-state index contributed by atoms with van der Waals surface area (Å²) in [4.78, 5) is 11.6. The predicted octanol–water partition coefficient (Wildman–Crippen LogP) is 5.04. The van der Waals surface area contributed by atoms with E-state index in [4.69, 9.17) is 0 Å². The fourth-order valence-electron chi connectivity index (χ4n) is 3.03. The van der Waals surface area contributed by atoms with Crippen LogP contribution in [0.4, 0.5) is 11.5 Å². The molecule has 3 nitrogen and oxygen atoms in total. The average Bonchev–Trinajstić information content (AvgIpc) is 2.89. The minimum absolute atomic E-state index is 0. The van der Waals surface area contributed by atoms with E-state index in [0.717, 1.165) is 22.8 Å². The Labute approximate surface area is 140 Å². The number of anilines is 2. The largest absolute Gasteiger partial charge is 0.339 e. The van der Waals surface area contributed by atoms with Crippen molar-refractivity contribution in [1.82, 2.24) is 9.97 Å². The molecule has 1 N–H and O–H groups in total. The number of rotatable bonds is 2. The lowest BCUT2D eigenvalue weighted by Gasteiger charge is -2.13. The van der Waals surface area contributed by atoms with Crippen molar-refractivity contribution < 1.29 is 0 Å². The summed E-state index contributed by atoms with van der Waals surface area (Å²) in [6.07, 6.45) is 6.60. The van der Waals surface area contributed by atoms with E-state index in [1.807, 2.05) is 11.3 Å². The zero-order valence-corrected chi connectivity index (χ0v) is 14.1. The van der Waals surface area contributed by atoms with E-state index in [-0.39, 0.29) is 12.4 Å². The molecule has 4 rings (SSSR count). The van der Waals surface area contributed by atoms with Crippen LogP contribution in [0.5, 0.6) is 0 Å². The molecule has 0 spiro atoms. The maximum atomic E-state index is 4.51. The first-order valence-corrected chi connectivity index (χ1v) is 8.22. The van der Waals surface area contributed by atoms with Crippen LogP contribution >= 0.6 is 23.7 Å². The number of benzene rings is 1. The maximum absolute atomic E-state index is 4.51.